The Morgan fingerprint density at radius 3 is 3.00 bits per heavy atom. The molecule has 0 aliphatic carbocycles. The van der Waals surface area contributed by atoms with E-state index in [4.69, 9.17) is 4.74 Å². The van der Waals surface area contributed by atoms with Crippen molar-refractivity contribution in [1.29, 1.82) is 0 Å². The fraction of sp³-hybridized carbons (Fsp3) is 1.00. The molecule has 1 N–H and O–H groups in total. The third-order valence-corrected chi connectivity index (χ3v) is 3.70. The minimum Gasteiger partial charge on any atom is -0.391 e. The minimum absolute atomic E-state index is 0.183. The molecule has 88 valence electrons. The van der Waals surface area contributed by atoms with Crippen LogP contribution in [0.4, 0.5) is 0 Å². The zero-order valence-corrected chi connectivity index (χ0v) is 9.69. The van der Waals surface area contributed by atoms with Gasteiger partial charge in [0.2, 0.25) is 0 Å². The topological polar surface area (TPSA) is 32.7 Å². The molecule has 3 nitrogen and oxygen atoms in total. The SMILES string of the molecule is CC1CCCN(CC(O)C2CCOC2)C1. The summed E-state index contributed by atoms with van der Waals surface area (Å²) >= 11 is 0. The summed E-state index contributed by atoms with van der Waals surface area (Å²) in [5, 5.41) is 10.1. The molecule has 0 bridgehead atoms. The number of nitrogens with zero attached hydrogens (tertiary/aromatic N) is 1. The van der Waals surface area contributed by atoms with Crippen LogP contribution in [0.15, 0.2) is 0 Å². The fourth-order valence-corrected chi connectivity index (χ4v) is 2.72. The molecule has 3 heteroatoms. The molecular weight excluding hydrogens is 190 g/mol. The van der Waals surface area contributed by atoms with Gasteiger partial charge in [0.15, 0.2) is 0 Å². The standard InChI is InChI=1S/C12H23NO2/c1-10-3-2-5-13(7-10)8-12(14)11-4-6-15-9-11/h10-12,14H,2-9H2,1H3. The van der Waals surface area contributed by atoms with E-state index in [1.54, 1.807) is 0 Å². The quantitative estimate of drug-likeness (QED) is 0.762. The fourth-order valence-electron chi connectivity index (χ4n) is 2.72. The van der Waals surface area contributed by atoms with Crippen LogP contribution in [0, 0.1) is 11.8 Å². The maximum absolute atomic E-state index is 10.1. The number of hydrogen-bond donors (Lipinski definition) is 1. The van der Waals surface area contributed by atoms with Crippen LogP contribution in [0.1, 0.15) is 26.2 Å². The van der Waals surface area contributed by atoms with Gasteiger partial charge in [0.1, 0.15) is 0 Å². The molecule has 0 amide bonds. The van der Waals surface area contributed by atoms with Crippen molar-refractivity contribution in [3.05, 3.63) is 0 Å². The van der Waals surface area contributed by atoms with E-state index >= 15 is 0 Å². The number of β-amino-alcohol motifs (C(OH)–C–C–N with tert-alkyl or cyclic N) is 1. The van der Waals surface area contributed by atoms with Gasteiger partial charge in [-0.1, -0.05) is 6.92 Å². The molecule has 15 heavy (non-hydrogen) atoms. The lowest BCUT2D eigenvalue weighted by molar-refractivity contribution is 0.0429. The molecule has 2 rings (SSSR count). The number of ether oxygens (including phenoxy) is 1. The zero-order chi connectivity index (χ0) is 10.7. The second-order valence-corrected chi connectivity index (χ2v) is 5.20. The van der Waals surface area contributed by atoms with Gasteiger partial charge in [-0.3, -0.25) is 0 Å². The van der Waals surface area contributed by atoms with Crippen LogP contribution in [0.25, 0.3) is 0 Å². The predicted octanol–water partition coefficient (Wildman–Crippen LogP) is 1.12. The number of rotatable bonds is 3. The summed E-state index contributed by atoms with van der Waals surface area (Å²) < 4.78 is 5.31. The number of aliphatic hydroxyl groups is 1. The molecule has 3 unspecified atom stereocenters. The van der Waals surface area contributed by atoms with E-state index < -0.39 is 0 Å². The lowest BCUT2D eigenvalue weighted by Crippen LogP contribution is -2.41. The molecule has 0 aromatic heterocycles. The molecule has 0 radical (unpaired) electrons. The Bertz CT molecular complexity index is 192. The van der Waals surface area contributed by atoms with Gasteiger partial charge in [0.25, 0.3) is 0 Å². The Labute approximate surface area is 92.4 Å². The van der Waals surface area contributed by atoms with Gasteiger partial charge in [0, 0.05) is 25.6 Å². The highest BCUT2D eigenvalue weighted by molar-refractivity contribution is 4.78. The molecule has 2 aliphatic heterocycles. The second kappa shape index (κ2) is 5.28. The van der Waals surface area contributed by atoms with E-state index in [0.717, 1.165) is 45.2 Å². The normalized spacial score (nSPS) is 35.6. The van der Waals surface area contributed by atoms with Crippen molar-refractivity contribution in [2.24, 2.45) is 11.8 Å². The summed E-state index contributed by atoms with van der Waals surface area (Å²) in [5.74, 6) is 1.17. The highest BCUT2D eigenvalue weighted by Gasteiger charge is 2.27. The minimum atomic E-state index is -0.183. The predicted molar refractivity (Wildman–Crippen MR) is 59.8 cm³/mol. The molecule has 0 aromatic carbocycles. The van der Waals surface area contributed by atoms with Crippen molar-refractivity contribution in [2.45, 2.75) is 32.3 Å². The third kappa shape index (κ3) is 3.16. The first-order valence-corrected chi connectivity index (χ1v) is 6.24. The van der Waals surface area contributed by atoms with E-state index in [1.165, 1.54) is 12.8 Å². The summed E-state index contributed by atoms with van der Waals surface area (Å²) in [6.45, 7) is 7.05. The van der Waals surface area contributed by atoms with Crippen molar-refractivity contribution in [2.75, 3.05) is 32.8 Å². The van der Waals surface area contributed by atoms with Crippen LogP contribution in [0.3, 0.4) is 0 Å². The molecule has 0 saturated carbocycles. The summed E-state index contributed by atoms with van der Waals surface area (Å²) in [5.41, 5.74) is 0. The summed E-state index contributed by atoms with van der Waals surface area (Å²) in [7, 11) is 0. The highest BCUT2D eigenvalue weighted by atomic mass is 16.5. The number of hydrogen-bond acceptors (Lipinski definition) is 3. The van der Waals surface area contributed by atoms with Gasteiger partial charge in [0.05, 0.1) is 12.7 Å². The van der Waals surface area contributed by atoms with Crippen molar-refractivity contribution >= 4 is 0 Å². The Kier molecular flexibility index (Phi) is 4.00. The van der Waals surface area contributed by atoms with Crippen LogP contribution in [0.5, 0.6) is 0 Å². The van der Waals surface area contributed by atoms with E-state index in [9.17, 15) is 5.11 Å². The van der Waals surface area contributed by atoms with Crippen molar-refractivity contribution in [3.63, 3.8) is 0 Å². The van der Waals surface area contributed by atoms with Gasteiger partial charge in [-0.05, 0) is 31.7 Å². The first-order valence-electron chi connectivity index (χ1n) is 6.24. The Hall–Kier alpha value is -0.120. The molecular formula is C12H23NO2. The van der Waals surface area contributed by atoms with Gasteiger partial charge in [-0.2, -0.15) is 0 Å². The van der Waals surface area contributed by atoms with Crippen LogP contribution in [0.2, 0.25) is 0 Å². The van der Waals surface area contributed by atoms with Crippen LogP contribution < -0.4 is 0 Å². The van der Waals surface area contributed by atoms with Crippen LogP contribution >= 0.6 is 0 Å². The summed E-state index contributed by atoms with van der Waals surface area (Å²) in [6.07, 6.45) is 3.48. The van der Waals surface area contributed by atoms with Crippen molar-refractivity contribution in [3.8, 4) is 0 Å². The van der Waals surface area contributed by atoms with Crippen LogP contribution in [-0.4, -0.2) is 49.0 Å². The average molecular weight is 213 g/mol. The second-order valence-electron chi connectivity index (χ2n) is 5.20. The lowest BCUT2D eigenvalue weighted by Gasteiger charge is -2.33. The average Bonchev–Trinajstić information content (AvgIpc) is 2.70. The van der Waals surface area contributed by atoms with Crippen molar-refractivity contribution < 1.29 is 9.84 Å². The first-order chi connectivity index (χ1) is 7.25. The highest BCUT2D eigenvalue weighted by Crippen LogP contribution is 2.20. The van der Waals surface area contributed by atoms with E-state index in [1.807, 2.05) is 0 Å². The largest absolute Gasteiger partial charge is 0.391 e. The van der Waals surface area contributed by atoms with Crippen LogP contribution in [-0.2, 0) is 4.74 Å². The maximum Gasteiger partial charge on any atom is 0.0718 e. The number of likely N-dealkylation sites (tertiary alicyclic amines) is 1. The Morgan fingerprint density at radius 2 is 2.33 bits per heavy atom. The molecule has 2 aliphatic rings. The monoisotopic (exact) mass is 213 g/mol. The van der Waals surface area contributed by atoms with Gasteiger partial charge >= 0.3 is 0 Å². The Morgan fingerprint density at radius 1 is 1.47 bits per heavy atom. The lowest BCUT2D eigenvalue weighted by atomic mass is 9.97. The zero-order valence-electron chi connectivity index (χ0n) is 9.69. The summed E-state index contributed by atoms with van der Waals surface area (Å²) in [6, 6.07) is 0. The van der Waals surface area contributed by atoms with E-state index in [-0.39, 0.29) is 6.10 Å². The van der Waals surface area contributed by atoms with E-state index in [2.05, 4.69) is 11.8 Å². The summed E-state index contributed by atoms with van der Waals surface area (Å²) in [4.78, 5) is 2.41. The van der Waals surface area contributed by atoms with E-state index in [0.29, 0.717) is 5.92 Å². The first kappa shape index (κ1) is 11.4. The number of piperidine rings is 1. The molecule has 0 spiro atoms. The molecule has 3 atom stereocenters. The third-order valence-electron chi connectivity index (χ3n) is 3.70. The van der Waals surface area contributed by atoms with Gasteiger partial charge in [-0.25, -0.2) is 0 Å². The van der Waals surface area contributed by atoms with Crippen molar-refractivity contribution in [1.82, 2.24) is 4.90 Å². The molecule has 2 fully saturated rings. The number of aliphatic hydroxyl groups excluding tert-OH is 1. The van der Waals surface area contributed by atoms with Gasteiger partial charge in [-0.15, -0.1) is 0 Å². The molecule has 0 aromatic rings. The van der Waals surface area contributed by atoms with Gasteiger partial charge < -0.3 is 14.7 Å². The molecule has 2 heterocycles. The maximum atomic E-state index is 10.1. The smallest absolute Gasteiger partial charge is 0.0718 e. The molecule has 2 saturated heterocycles. The Balaban J connectivity index is 1.74.